The lowest BCUT2D eigenvalue weighted by Gasteiger charge is -2.22. The maximum atomic E-state index is 9.82. The van der Waals surface area contributed by atoms with Crippen molar-refractivity contribution in [2.45, 2.75) is 32.4 Å². The first kappa shape index (κ1) is 16.2. The van der Waals surface area contributed by atoms with Crippen LogP contribution in [-0.4, -0.2) is 42.0 Å². The molecule has 1 heterocycles. The van der Waals surface area contributed by atoms with Gasteiger partial charge in [-0.1, -0.05) is 0 Å². The number of aromatic nitrogens is 1. The summed E-state index contributed by atoms with van der Waals surface area (Å²) < 4.78 is 10.4. The highest BCUT2D eigenvalue weighted by atomic mass is 16.5. The highest BCUT2D eigenvalue weighted by Crippen LogP contribution is 2.19. The van der Waals surface area contributed by atoms with Gasteiger partial charge in [0.05, 0.1) is 13.3 Å². The molecule has 2 N–H and O–H groups in total. The van der Waals surface area contributed by atoms with Gasteiger partial charge in [-0.3, -0.25) is 0 Å². The van der Waals surface area contributed by atoms with Crippen LogP contribution >= 0.6 is 0 Å². The van der Waals surface area contributed by atoms with E-state index in [1.807, 2.05) is 26.8 Å². The fourth-order valence-electron chi connectivity index (χ4n) is 1.40. The zero-order valence-electron chi connectivity index (χ0n) is 12.3. The summed E-state index contributed by atoms with van der Waals surface area (Å²) in [7, 11) is 1.50. The molecule has 20 heavy (non-hydrogen) atoms. The maximum Gasteiger partial charge on any atom is 0.231 e. The quantitative estimate of drug-likeness (QED) is 0.810. The molecule has 0 aliphatic heterocycles. The van der Waals surface area contributed by atoms with E-state index in [0.717, 1.165) is 0 Å². The first-order valence-corrected chi connectivity index (χ1v) is 6.35. The maximum absolute atomic E-state index is 9.82. The monoisotopic (exact) mass is 279 g/mol. The Labute approximate surface area is 119 Å². The van der Waals surface area contributed by atoms with Crippen LogP contribution in [0.5, 0.6) is 11.6 Å². The van der Waals surface area contributed by atoms with Crippen molar-refractivity contribution in [2.24, 2.45) is 0 Å². The van der Waals surface area contributed by atoms with Crippen molar-refractivity contribution in [1.82, 2.24) is 10.3 Å². The van der Waals surface area contributed by atoms with Gasteiger partial charge in [0, 0.05) is 18.2 Å². The number of nitrogens with zero attached hydrogens (tertiary/aromatic N) is 2. The molecule has 1 atom stereocenters. The van der Waals surface area contributed by atoms with Crippen molar-refractivity contribution in [1.29, 1.82) is 5.26 Å². The molecule has 0 aliphatic rings. The van der Waals surface area contributed by atoms with Gasteiger partial charge in [-0.25, -0.2) is 4.98 Å². The number of ether oxygens (including phenoxy) is 2. The fourth-order valence-corrected chi connectivity index (χ4v) is 1.40. The second-order valence-corrected chi connectivity index (χ2v) is 5.44. The van der Waals surface area contributed by atoms with Gasteiger partial charge in [0.2, 0.25) is 5.88 Å². The third-order valence-electron chi connectivity index (χ3n) is 2.46. The molecule has 1 aromatic rings. The standard InChI is InChI=1S/C14H21N3O3/c1-14(2,3)17-7-11(18)9-20-13-10(6-15)5-12(19-4)8-16-13/h5,8,11,17-18H,7,9H2,1-4H3. The van der Waals surface area contributed by atoms with E-state index in [1.54, 1.807) is 6.07 Å². The summed E-state index contributed by atoms with van der Waals surface area (Å²) in [4.78, 5) is 4.00. The number of aliphatic hydroxyl groups excluding tert-OH is 1. The SMILES string of the molecule is COc1cnc(OCC(O)CNC(C)(C)C)c(C#N)c1. The first-order valence-electron chi connectivity index (χ1n) is 6.35. The smallest absolute Gasteiger partial charge is 0.231 e. The third kappa shape index (κ3) is 5.43. The molecule has 6 nitrogen and oxygen atoms in total. The molecule has 0 aromatic carbocycles. The molecule has 1 unspecified atom stereocenters. The average Bonchev–Trinajstić information content (AvgIpc) is 2.41. The summed E-state index contributed by atoms with van der Waals surface area (Å²) in [6, 6.07) is 3.53. The minimum Gasteiger partial charge on any atom is -0.495 e. The normalized spacial score (nSPS) is 12.6. The van der Waals surface area contributed by atoms with Crippen LogP contribution in [0.25, 0.3) is 0 Å². The minimum atomic E-state index is -0.676. The molecule has 0 fully saturated rings. The number of nitriles is 1. The fraction of sp³-hybridized carbons (Fsp3) is 0.571. The molecule has 0 saturated heterocycles. The van der Waals surface area contributed by atoms with E-state index in [9.17, 15) is 5.11 Å². The number of rotatable bonds is 6. The lowest BCUT2D eigenvalue weighted by Crippen LogP contribution is -2.42. The van der Waals surface area contributed by atoms with Crippen molar-refractivity contribution in [3.8, 4) is 17.7 Å². The molecule has 0 aliphatic carbocycles. The number of pyridine rings is 1. The lowest BCUT2D eigenvalue weighted by molar-refractivity contribution is 0.0975. The summed E-state index contributed by atoms with van der Waals surface area (Å²) in [6.45, 7) is 6.51. The number of nitrogens with one attached hydrogen (secondary N) is 1. The van der Waals surface area contributed by atoms with Gasteiger partial charge in [0.25, 0.3) is 0 Å². The highest BCUT2D eigenvalue weighted by Gasteiger charge is 2.14. The van der Waals surface area contributed by atoms with Gasteiger partial charge in [-0.2, -0.15) is 5.26 Å². The first-order chi connectivity index (χ1) is 9.35. The predicted molar refractivity (Wildman–Crippen MR) is 74.8 cm³/mol. The van der Waals surface area contributed by atoms with Crippen LogP contribution in [0.1, 0.15) is 26.3 Å². The molecule has 6 heteroatoms. The Morgan fingerprint density at radius 1 is 1.50 bits per heavy atom. The zero-order chi connectivity index (χ0) is 15.2. The Morgan fingerprint density at radius 2 is 2.20 bits per heavy atom. The van der Waals surface area contributed by atoms with Gasteiger partial charge < -0.3 is 19.9 Å². The third-order valence-corrected chi connectivity index (χ3v) is 2.46. The average molecular weight is 279 g/mol. The topological polar surface area (TPSA) is 87.4 Å². The predicted octanol–water partition coefficient (Wildman–Crippen LogP) is 1.09. The van der Waals surface area contributed by atoms with Crippen LogP contribution in [-0.2, 0) is 0 Å². The van der Waals surface area contributed by atoms with Crippen molar-refractivity contribution in [2.75, 3.05) is 20.3 Å². The van der Waals surface area contributed by atoms with Crippen LogP contribution in [0.2, 0.25) is 0 Å². The number of β-amino-alcohol motifs (C(OH)–C–C–N with tert-alkyl or cyclic N) is 1. The Kier molecular flexibility index (Phi) is 5.74. The number of hydrogen-bond donors (Lipinski definition) is 2. The minimum absolute atomic E-state index is 0.0666. The van der Waals surface area contributed by atoms with E-state index in [2.05, 4.69) is 10.3 Å². The van der Waals surface area contributed by atoms with Crippen molar-refractivity contribution < 1.29 is 14.6 Å². The second kappa shape index (κ2) is 7.08. The van der Waals surface area contributed by atoms with Crippen molar-refractivity contribution >= 4 is 0 Å². The molecule has 1 aromatic heterocycles. The van der Waals surface area contributed by atoms with E-state index in [4.69, 9.17) is 14.7 Å². The van der Waals surface area contributed by atoms with Crippen LogP contribution in [0.4, 0.5) is 0 Å². The molecule has 0 saturated carbocycles. The summed E-state index contributed by atoms with van der Waals surface area (Å²) >= 11 is 0. The van der Waals surface area contributed by atoms with Gasteiger partial charge in [0.15, 0.2) is 0 Å². The van der Waals surface area contributed by atoms with Crippen LogP contribution in [0.3, 0.4) is 0 Å². The van der Waals surface area contributed by atoms with E-state index in [-0.39, 0.29) is 23.6 Å². The largest absolute Gasteiger partial charge is 0.495 e. The van der Waals surface area contributed by atoms with Gasteiger partial charge in [-0.05, 0) is 20.8 Å². The van der Waals surface area contributed by atoms with E-state index in [1.165, 1.54) is 13.3 Å². The van der Waals surface area contributed by atoms with E-state index in [0.29, 0.717) is 12.3 Å². The van der Waals surface area contributed by atoms with E-state index >= 15 is 0 Å². The number of methoxy groups -OCH3 is 1. The highest BCUT2D eigenvalue weighted by molar-refractivity contribution is 5.42. The van der Waals surface area contributed by atoms with Crippen molar-refractivity contribution in [3.05, 3.63) is 17.8 Å². The van der Waals surface area contributed by atoms with Crippen LogP contribution < -0.4 is 14.8 Å². The molecule has 110 valence electrons. The second-order valence-electron chi connectivity index (χ2n) is 5.44. The number of aliphatic hydroxyl groups is 1. The van der Waals surface area contributed by atoms with Gasteiger partial charge >= 0.3 is 0 Å². The summed E-state index contributed by atoms with van der Waals surface area (Å²) in [5.74, 6) is 0.687. The summed E-state index contributed by atoms with van der Waals surface area (Å²) in [5, 5.41) is 22.0. The molecule has 0 bridgehead atoms. The Morgan fingerprint density at radius 3 is 2.75 bits per heavy atom. The molecular formula is C14H21N3O3. The molecule has 0 radical (unpaired) electrons. The summed E-state index contributed by atoms with van der Waals surface area (Å²) in [5.41, 5.74) is 0.206. The molecule has 0 spiro atoms. The molecule has 0 amide bonds. The lowest BCUT2D eigenvalue weighted by atomic mass is 10.1. The molecule has 1 rings (SSSR count). The van der Waals surface area contributed by atoms with Gasteiger partial charge in [-0.15, -0.1) is 0 Å². The Hall–Kier alpha value is -1.84. The van der Waals surface area contributed by atoms with Crippen LogP contribution in [0, 0.1) is 11.3 Å². The zero-order valence-corrected chi connectivity index (χ0v) is 12.3. The van der Waals surface area contributed by atoms with Crippen LogP contribution in [0.15, 0.2) is 12.3 Å². The summed E-state index contributed by atoms with van der Waals surface area (Å²) in [6.07, 6.45) is 0.792. The molecular weight excluding hydrogens is 258 g/mol. The van der Waals surface area contributed by atoms with Gasteiger partial charge in [0.1, 0.15) is 30.1 Å². The van der Waals surface area contributed by atoms with E-state index < -0.39 is 6.10 Å². The Balaban J connectivity index is 2.55. The van der Waals surface area contributed by atoms with Crippen molar-refractivity contribution in [3.63, 3.8) is 0 Å². The number of hydrogen-bond acceptors (Lipinski definition) is 6. The Bertz CT molecular complexity index is 478.